The van der Waals surface area contributed by atoms with Crippen LogP contribution in [-0.2, 0) is 0 Å². The number of nitrogens with zero attached hydrogens (tertiary/aromatic N) is 2. The Bertz CT molecular complexity index is 598. The van der Waals surface area contributed by atoms with Gasteiger partial charge in [0.25, 0.3) is 0 Å². The molecular formula is C14H15ClN2O3. The van der Waals surface area contributed by atoms with Gasteiger partial charge in [0, 0.05) is 5.02 Å². The van der Waals surface area contributed by atoms with E-state index in [0.29, 0.717) is 5.02 Å². The number of benzene rings is 1. The van der Waals surface area contributed by atoms with Crippen molar-refractivity contribution in [1.29, 1.82) is 0 Å². The summed E-state index contributed by atoms with van der Waals surface area (Å²) in [5, 5.41) is 9.40. The Morgan fingerprint density at radius 1 is 1.50 bits per heavy atom. The second-order valence-corrected chi connectivity index (χ2v) is 4.74. The van der Waals surface area contributed by atoms with Crippen molar-refractivity contribution in [3.8, 4) is 5.88 Å². The maximum atomic E-state index is 10.7. The molecule has 2 rings (SSSR count). The Morgan fingerprint density at radius 2 is 2.25 bits per heavy atom. The van der Waals surface area contributed by atoms with E-state index in [-0.39, 0.29) is 11.9 Å². The summed E-state index contributed by atoms with van der Waals surface area (Å²) in [6.07, 6.45) is 3.30. The molecule has 1 unspecified atom stereocenters. The summed E-state index contributed by atoms with van der Waals surface area (Å²) in [7, 11) is 0. The van der Waals surface area contributed by atoms with Crippen LogP contribution in [0.5, 0.6) is 5.88 Å². The Labute approximate surface area is 121 Å². The fourth-order valence-electron chi connectivity index (χ4n) is 2.16. The van der Waals surface area contributed by atoms with Crippen molar-refractivity contribution in [3.05, 3.63) is 47.4 Å². The Balaban J connectivity index is 2.41. The number of ether oxygens (including phenoxy) is 1. The van der Waals surface area contributed by atoms with Gasteiger partial charge in [0.15, 0.2) is 0 Å². The molecule has 0 aliphatic heterocycles. The van der Waals surface area contributed by atoms with Crippen molar-refractivity contribution in [2.45, 2.75) is 25.8 Å². The van der Waals surface area contributed by atoms with E-state index in [2.05, 4.69) is 11.9 Å². The van der Waals surface area contributed by atoms with Crippen LogP contribution in [-0.4, -0.2) is 20.8 Å². The van der Waals surface area contributed by atoms with Gasteiger partial charge in [0.05, 0.1) is 18.6 Å². The van der Waals surface area contributed by atoms with E-state index >= 15 is 0 Å². The average Bonchev–Trinajstić information content (AvgIpc) is 2.84. The zero-order valence-corrected chi connectivity index (χ0v) is 11.7. The van der Waals surface area contributed by atoms with E-state index in [1.807, 2.05) is 24.3 Å². The van der Waals surface area contributed by atoms with E-state index in [1.54, 1.807) is 10.9 Å². The van der Waals surface area contributed by atoms with Gasteiger partial charge in [-0.1, -0.05) is 43.1 Å². The summed E-state index contributed by atoms with van der Waals surface area (Å²) in [5.41, 5.74) is 0.921. The second-order valence-electron chi connectivity index (χ2n) is 4.33. The summed E-state index contributed by atoms with van der Waals surface area (Å²) in [5.74, 6) is 0.191. The number of imidazole rings is 1. The summed E-state index contributed by atoms with van der Waals surface area (Å²) < 4.78 is 6.44. The van der Waals surface area contributed by atoms with Crippen molar-refractivity contribution in [3.63, 3.8) is 0 Å². The first-order chi connectivity index (χ1) is 9.63. The van der Waals surface area contributed by atoms with E-state index in [1.165, 1.54) is 6.20 Å². The van der Waals surface area contributed by atoms with E-state index in [4.69, 9.17) is 21.4 Å². The first-order valence-electron chi connectivity index (χ1n) is 6.30. The van der Waals surface area contributed by atoms with Crippen molar-refractivity contribution in [2.24, 2.45) is 0 Å². The van der Waals surface area contributed by atoms with Crippen LogP contribution < -0.4 is 4.74 Å². The van der Waals surface area contributed by atoms with Gasteiger partial charge in [-0.05, 0) is 18.1 Å². The number of hydrogen-bond donors (Lipinski definition) is 1. The van der Waals surface area contributed by atoms with Crippen LogP contribution in [0.3, 0.4) is 0 Å². The first-order valence-corrected chi connectivity index (χ1v) is 6.68. The van der Waals surface area contributed by atoms with Crippen LogP contribution in [0, 0.1) is 0 Å². The van der Waals surface area contributed by atoms with Gasteiger partial charge in [0.2, 0.25) is 5.88 Å². The number of aromatic nitrogens is 2. The highest BCUT2D eigenvalue weighted by Gasteiger charge is 2.20. The minimum Gasteiger partial charge on any atom is -0.449 e. The molecule has 106 valence electrons. The molecule has 2 aromatic rings. The second kappa shape index (κ2) is 6.43. The number of carboxylic acid groups (broad SMARTS) is 1. The molecule has 0 aliphatic rings. The highest BCUT2D eigenvalue weighted by atomic mass is 35.5. The average molecular weight is 295 g/mol. The molecule has 0 aliphatic carbocycles. The van der Waals surface area contributed by atoms with Crippen LogP contribution >= 0.6 is 11.6 Å². The predicted octanol–water partition coefficient (Wildman–Crippen LogP) is 3.98. The van der Waals surface area contributed by atoms with Gasteiger partial charge in [-0.25, -0.2) is 9.78 Å². The van der Waals surface area contributed by atoms with E-state index in [0.717, 1.165) is 18.4 Å². The van der Waals surface area contributed by atoms with Crippen LogP contribution in [0.15, 0.2) is 36.8 Å². The largest absolute Gasteiger partial charge is 0.512 e. The van der Waals surface area contributed by atoms with Crippen LogP contribution in [0.1, 0.15) is 31.4 Å². The molecule has 0 bridgehead atoms. The van der Waals surface area contributed by atoms with Crippen LogP contribution in [0.25, 0.3) is 0 Å². The van der Waals surface area contributed by atoms with Gasteiger partial charge >= 0.3 is 6.16 Å². The molecule has 5 nitrogen and oxygen atoms in total. The minimum absolute atomic E-state index is 0.106. The molecule has 0 amide bonds. The van der Waals surface area contributed by atoms with Gasteiger partial charge in [-0.15, -0.1) is 0 Å². The lowest BCUT2D eigenvalue weighted by atomic mass is 10.0. The molecule has 20 heavy (non-hydrogen) atoms. The van der Waals surface area contributed by atoms with Crippen LogP contribution in [0.2, 0.25) is 5.02 Å². The molecule has 0 spiro atoms. The fourth-order valence-corrected chi connectivity index (χ4v) is 2.42. The molecule has 1 atom stereocenters. The highest BCUT2D eigenvalue weighted by Crippen LogP contribution is 2.32. The molecule has 0 radical (unpaired) electrons. The number of halogens is 1. The molecule has 1 heterocycles. The quantitative estimate of drug-likeness (QED) is 0.847. The maximum Gasteiger partial charge on any atom is 0.512 e. The Kier molecular flexibility index (Phi) is 4.63. The van der Waals surface area contributed by atoms with Gasteiger partial charge in [-0.2, -0.15) is 0 Å². The molecular weight excluding hydrogens is 280 g/mol. The lowest BCUT2D eigenvalue weighted by Gasteiger charge is -2.21. The summed E-state index contributed by atoms with van der Waals surface area (Å²) >= 11 is 6.24. The lowest BCUT2D eigenvalue weighted by Crippen LogP contribution is -2.14. The van der Waals surface area contributed by atoms with Crippen molar-refractivity contribution < 1.29 is 14.6 Å². The third-order valence-corrected chi connectivity index (χ3v) is 3.33. The molecule has 1 aromatic carbocycles. The molecule has 1 N–H and O–H groups in total. The van der Waals surface area contributed by atoms with Crippen molar-refractivity contribution in [2.75, 3.05) is 0 Å². The standard InChI is InChI=1S/C14H15ClN2O3/c1-2-5-12(10-6-3-4-7-11(10)15)17-9-16-8-13(17)20-14(18)19/h3-4,6-9,12H,2,5H2,1H3,(H,18,19). The molecule has 6 heteroatoms. The molecule has 0 fully saturated rings. The highest BCUT2D eigenvalue weighted by molar-refractivity contribution is 6.31. The SMILES string of the molecule is CCCC(c1ccccc1Cl)n1cncc1OC(=O)O. The Hall–Kier alpha value is -2.01. The smallest absolute Gasteiger partial charge is 0.449 e. The van der Waals surface area contributed by atoms with Gasteiger partial charge < -0.3 is 9.84 Å². The summed E-state index contributed by atoms with van der Waals surface area (Å²) in [4.78, 5) is 14.7. The molecule has 0 saturated heterocycles. The van der Waals surface area contributed by atoms with Gasteiger partial charge in [-0.3, -0.25) is 4.57 Å². The van der Waals surface area contributed by atoms with Crippen LogP contribution in [0.4, 0.5) is 4.79 Å². The zero-order valence-electron chi connectivity index (χ0n) is 11.0. The third kappa shape index (κ3) is 3.11. The number of rotatable bonds is 5. The number of carbonyl (C=O) groups is 1. The first kappa shape index (κ1) is 14.4. The minimum atomic E-state index is -1.36. The maximum absolute atomic E-state index is 10.7. The van der Waals surface area contributed by atoms with Crippen molar-refractivity contribution >= 4 is 17.8 Å². The normalized spacial score (nSPS) is 12.1. The summed E-state index contributed by atoms with van der Waals surface area (Å²) in [6.45, 7) is 2.05. The topological polar surface area (TPSA) is 64.4 Å². The monoisotopic (exact) mass is 294 g/mol. The Morgan fingerprint density at radius 3 is 2.90 bits per heavy atom. The summed E-state index contributed by atoms with van der Waals surface area (Å²) in [6, 6.07) is 7.39. The number of hydrogen-bond acceptors (Lipinski definition) is 3. The van der Waals surface area contributed by atoms with Gasteiger partial charge in [0.1, 0.15) is 0 Å². The zero-order chi connectivity index (χ0) is 14.5. The lowest BCUT2D eigenvalue weighted by molar-refractivity contribution is 0.140. The van der Waals surface area contributed by atoms with E-state index < -0.39 is 6.16 Å². The third-order valence-electron chi connectivity index (χ3n) is 2.98. The fraction of sp³-hybridized carbons (Fsp3) is 0.286. The predicted molar refractivity (Wildman–Crippen MR) is 75.4 cm³/mol. The molecule has 1 aromatic heterocycles. The van der Waals surface area contributed by atoms with E-state index in [9.17, 15) is 4.79 Å². The van der Waals surface area contributed by atoms with Crippen molar-refractivity contribution in [1.82, 2.24) is 9.55 Å². The molecule has 0 saturated carbocycles.